The van der Waals surface area contributed by atoms with Crippen LogP contribution in [0.5, 0.6) is 0 Å². The van der Waals surface area contributed by atoms with Gasteiger partial charge in [-0.05, 0) is 24.7 Å². The molecule has 1 aromatic rings. The molecule has 20 heavy (non-hydrogen) atoms. The number of hydrogen-bond donors (Lipinski definition) is 1. The van der Waals surface area contributed by atoms with Crippen LogP contribution in [-0.2, 0) is 16.6 Å². The van der Waals surface area contributed by atoms with Crippen LogP contribution in [-0.4, -0.2) is 32.9 Å². The van der Waals surface area contributed by atoms with Gasteiger partial charge < -0.3 is 5.32 Å². The van der Waals surface area contributed by atoms with E-state index in [-0.39, 0.29) is 18.0 Å². The number of rotatable bonds is 8. The Labute approximate surface area is 119 Å². The van der Waals surface area contributed by atoms with Gasteiger partial charge >= 0.3 is 0 Å². The van der Waals surface area contributed by atoms with E-state index in [1.54, 1.807) is 13.1 Å². The number of halogens is 1. The monoisotopic (exact) mass is 298 g/mol. The molecule has 0 heterocycles. The molecular weight excluding hydrogens is 279 g/mol. The number of sulfonamides is 1. The summed E-state index contributed by atoms with van der Waals surface area (Å²) in [6, 6.07) is 4.07. The van der Waals surface area contributed by atoms with Crippen LogP contribution in [0, 0.1) is 5.82 Å². The third kappa shape index (κ3) is 3.75. The Balaban J connectivity index is 3.27. The molecule has 0 atom stereocenters. The zero-order valence-electron chi connectivity index (χ0n) is 11.5. The zero-order valence-corrected chi connectivity index (χ0v) is 12.3. The summed E-state index contributed by atoms with van der Waals surface area (Å²) < 4.78 is 39.9. The van der Waals surface area contributed by atoms with Crippen molar-refractivity contribution in [1.29, 1.82) is 0 Å². The van der Waals surface area contributed by atoms with Crippen LogP contribution >= 0.6 is 0 Å². The summed E-state index contributed by atoms with van der Waals surface area (Å²) in [4.78, 5) is -0.325. The van der Waals surface area contributed by atoms with Gasteiger partial charge in [0, 0.05) is 19.6 Å². The van der Waals surface area contributed by atoms with Crippen LogP contribution in [0.2, 0.25) is 0 Å². The van der Waals surface area contributed by atoms with E-state index in [9.17, 15) is 12.8 Å². The van der Waals surface area contributed by atoms with Gasteiger partial charge in [0.1, 0.15) is 10.7 Å². The predicted octanol–water partition coefficient (Wildman–Crippen LogP) is 1.91. The summed E-state index contributed by atoms with van der Waals surface area (Å²) in [6.45, 7) is 7.70. The van der Waals surface area contributed by atoms with Crippen LogP contribution in [0.1, 0.15) is 5.56 Å². The fourth-order valence-electron chi connectivity index (χ4n) is 1.76. The Hall–Kier alpha value is -1.50. The van der Waals surface area contributed by atoms with E-state index < -0.39 is 15.8 Å². The first-order chi connectivity index (χ1) is 9.47. The van der Waals surface area contributed by atoms with E-state index in [4.69, 9.17) is 0 Å². The fraction of sp³-hybridized carbons (Fsp3) is 0.286. The smallest absolute Gasteiger partial charge is 0.246 e. The molecule has 0 spiro atoms. The highest BCUT2D eigenvalue weighted by molar-refractivity contribution is 7.89. The Morgan fingerprint density at radius 1 is 1.30 bits per heavy atom. The first-order valence-corrected chi connectivity index (χ1v) is 7.56. The van der Waals surface area contributed by atoms with Crippen LogP contribution < -0.4 is 5.32 Å². The fourth-order valence-corrected chi connectivity index (χ4v) is 3.25. The molecule has 110 valence electrons. The van der Waals surface area contributed by atoms with Gasteiger partial charge in [0.15, 0.2) is 0 Å². The summed E-state index contributed by atoms with van der Waals surface area (Å²) >= 11 is 0. The van der Waals surface area contributed by atoms with E-state index in [0.717, 1.165) is 4.31 Å². The van der Waals surface area contributed by atoms with E-state index in [1.807, 2.05) is 0 Å². The molecule has 0 saturated carbocycles. The van der Waals surface area contributed by atoms with Gasteiger partial charge in [-0.1, -0.05) is 18.2 Å². The Morgan fingerprint density at radius 2 is 1.90 bits per heavy atom. The van der Waals surface area contributed by atoms with Crippen molar-refractivity contribution in [2.75, 3.05) is 20.1 Å². The van der Waals surface area contributed by atoms with Gasteiger partial charge in [-0.2, -0.15) is 4.31 Å². The number of nitrogens with zero attached hydrogens (tertiary/aromatic N) is 1. The molecule has 0 bridgehead atoms. The van der Waals surface area contributed by atoms with E-state index in [2.05, 4.69) is 18.5 Å². The quantitative estimate of drug-likeness (QED) is 0.746. The second-order valence-electron chi connectivity index (χ2n) is 4.19. The maximum absolute atomic E-state index is 13.9. The Kier molecular flexibility index (Phi) is 6.06. The third-order valence-electron chi connectivity index (χ3n) is 2.66. The SMILES string of the molecule is C=CCN(CC=C)S(=O)(=O)c1cc(CNC)ccc1F. The molecule has 0 radical (unpaired) electrons. The van der Waals surface area contributed by atoms with Crippen molar-refractivity contribution in [2.45, 2.75) is 11.4 Å². The van der Waals surface area contributed by atoms with Crippen LogP contribution in [0.25, 0.3) is 0 Å². The lowest BCUT2D eigenvalue weighted by molar-refractivity contribution is 0.466. The van der Waals surface area contributed by atoms with Gasteiger partial charge in [-0.15, -0.1) is 13.2 Å². The van der Waals surface area contributed by atoms with Gasteiger partial charge in [-0.3, -0.25) is 0 Å². The first kappa shape index (κ1) is 16.6. The maximum atomic E-state index is 13.9. The van der Waals surface area contributed by atoms with Gasteiger partial charge in [0.2, 0.25) is 10.0 Å². The van der Waals surface area contributed by atoms with Crippen molar-refractivity contribution < 1.29 is 12.8 Å². The van der Waals surface area contributed by atoms with E-state index in [1.165, 1.54) is 24.3 Å². The van der Waals surface area contributed by atoms with Crippen molar-refractivity contribution >= 4 is 10.0 Å². The highest BCUT2D eigenvalue weighted by atomic mass is 32.2. The second kappa shape index (κ2) is 7.33. The molecule has 0 saturated heterocycles. The lowest BCUT2D eigenvalue weighted by atomic mass is 10.2. The van der Waals surface area contributed by atoms with Crippen molar-refractivity contribution in [1.82, 2.24) is 9.62 Å². The lowest BCUT2D eigenvalue weighted by Crippen LogP contribution is -2.32. The molecule has 4 nitrogen and oxygen atoms in total. The van der Waals surface area contributed by atoms with E-state index >= 15 is 0 Å². The Morgan fingerprint density at radius 3 is 2.40 bits per heavy atom. The second-order valence-corrected chi connectivity index (χ2v) is 6.10. The standard InChI is InChI=1S/C14H19FN2O2S/c1-4-8-17(9-5-2)20(18,19)14-10-12(11-16-3)6-7-13(14)15/h4-7,10,16H,1-2,8-9,11H2,3H3. The van der Waals surface area contributed by atoms with Crippen molar-refractivity contribution in [3.8, 4) is 0 Å². The number of hydrogen-bond acceptors (Lipinski definition) is 3. The average molecular weight is 298 g/mol. The number of nitrogens with one attached hydrogen (secondary N) is 1. The van der Waals surface area contributed by atoms with E-state index in [0.29, 0.717) is 12.1 Å². The zero-order chi connectivity index (χ0) is 15.2. The maximum Gasteiger partial charge on any atom is 0.246 e. The third-order valence-corrected chi connectivity index (χ3v) is 4.51. The lowest BCUT2D eigenvalue weighted by Gasteiger charge is -2.19. The molecule has 1 aromatic carbocycles. The molecule has 0 aromatic heterocycles. The molecule has 1 N–H and O–H groups in total. The normalized spacial score (nSPS) is 11.6. The molecule has 1 rings (SSSR count). The summed E-state index contributed by atoms with van der Waals surface area (Å²) in [5.41, 5.74) is 0.699. The van der Waals surface area contributed by atoms with Crippen LogP contribution in [0.3, 0.4) is 0 Å². The van der Waals surface area contributed by atoms with Crippen LogP contribution in [0.4, 0.5) is 4.39 Å². The number of benzene rings is 1. The average Bonchev–Trinajstić information content (AvgIpc) is 2.41. The molecule has 6 heteroatoms. The summed E-state index contributed by atoms with van der Waals surface area (Å²) in [6.07, 6.45) is 2.91. The molecule has 0 aliphatic carbocycles. The summed E-state index contributed by atoms with van der Waals surface area (Å²) in [5, 5.41) is 2.90. The van der Waals surface area contributed by atoms with Gasteiger partial charge in [0.05, 0.1) is 0 Å². The van der Waals surface area contributed by atoms with Crippen molar-refractivity contribution in [3.05, 3.63) is 54.9 Å². The molecule has 0 fully saturated rings. The molecule has 0 unspecified atom stereocenters. The van der Waals surface area contributed by atoms with Crippen molar-refractivity contribution in [3.63, 3.8) is 0 Å². The summed E-state index contributed by atoms with van der Waals surface area (Å²) in [7, 11) is -2.17. The van der Waals surface area contributed by atoms with Gasteiger partial charge in [-0.25, -0.2) is 12.8 Å². The molecule has 0 aliphatic rings. The molecule has 0 amide bonds. The minimum absolute atomic E-state index is 0.101. The topological polar surface area (TPSA) is 49.4 Å². The van der Waals surface area contributed by atoms with Crippen LogP contribution in [0.15, 0.2) is 48.4 Å². The Bertz CT molecular complexity index is 575. The largest absolute Gasteiger partial charge is 0.316 e. The highest BCUT2D eigenvalue weighted by Crippen LogP contribution is 2.21. The minimum atomic E-state index is -3.91. The van der Waals surface area contributed by atoms with Crippen molar-refractivity contribution in [2.24, 2.45) is 0 Å². The highest BCUT2D eigenvalue weighted by Gasteiger charge is 2.26. The summed E-state index contributed by atoms with van der Waals surface area (Å²) in [5.74, 6) is -0.761. The molecular formula is C14H19FN2O2S. The minimum Gasteiger partial charge on any atom is -0.316 e. The first-order valence-electron chi connectivity index (χ1n) is 6.12. The molecule has 0 aliphatic heterocycles. The predicted molar refractivity (Wildman–Crippen MR) is 78.3 cm³/mol. The van der Waals surface area contributed by atoms with Gasteiger partial charge in [0.25, 0.3) is 0 Å².